The Labute approximate surface area is 107 Å². The van der Waals surface area contributed by atoms with Gasteiger partial charge in [0.1, 0.15) is 0 Å². The summed E-state index contributed by atoms with van der Waals surface area (Å²) in [5.74, 6) is -1.19. The van der Waals surface area contributed by atoms with Gasteiger partial charge in [0.05, 0.1) is 5.69 Å². The number of carboxylic acids is 1. The van der Waals surface area contributed by atoms with Gasteiger partial charge in [0, 0.05) is 11.1 Å². The van der Waals surface area contributed by atoms with Crippen molar-refractivity contribution in [2.75, 3.05) is 0 Å². The maximum atomic E-state index is 11.7. The lowest BCUT2D eigenvalue weighted by molar-refractivity contribution is 0.0688. The van der Waals surface area contributed by atoms with Crippen LogP contribution in [-0.4, -0.2) is 20.9 Å². The SMILES string of the molecule is Cc1c(Cl)cccc1-n1nc(C(=O)O)ccc1=O. The van der Waals surface area contributed by atoms with E-state index in [0.29, 0.717) is 16.3 Å². The van der Waals surface area contributed by atoms with Gasteiger partial charge < -0.3 is 5.11 Å². The van der Waals surface area contributed by atoms with Crippen LogP contribution in [0.3, 0.4) is 0 Å². The van der Waals surface area contributed by atoms with Gasteiger partial charge in [0.15, 0.2) is 5.69 Å². The van der Waals surface area contributed by atoms with Gasteiger partial charge in [0.2, 0.25) is 0 Å². The van der Waals surface area contributed by atoms with Gasteiger partial charge in [-0.05, 0) is 30.7 Å². The molecule has 0 radical (unpaired) electrons. The lowest BCUT2D eigenvalue weighted by atomic mass is 10.2. The molecule has 18 heavy (non-hydrogen) atoms. The van der Waals surface area contributed by atoms with Gasteiger partial charge in [0.25, 0.3) is 5.56 Å². The molecule has 5 nitrogen and oxygen atoms in total. The highest BCUT2D eigenvalue weighted by atomic mass is 35.5. The molecule has 1 N–H and O–H groups in total. The molecule has 0 aliphatic carbocycles. The minimum absolute atomic E-state index is 0.200. The third kappa shape index (κ3) is 2.12. The zero-order valence-electron chi connectivity index (χ0n) is 9.42. The van der Waals surface area contributed by atoms with Crippen molar-refractivity contribution in [1.82, 2.24) is 9.78 Å². The molecule has 0 amide bonds. The second kappa shape index (κ2) is 4.62. The van der Waals surface area contributed by atoms with Crippen LogP contribution < -0.4 is 5.56 Å². The molecule has 1 heterocycles. The number of aromatic carboxylic acids is 1. The van der Waals surface area contributed by atoms with Crippen LogP contribution in [0, 0.1) is 6.92 Å². The van der Waals surface area contributed by atoms with E-state index in [9.17, 15) is 9.59 Å². The highest BCUT2D eigenvalue weighted by Gasteiger charge is 2.11. The van der Waals surface area contributed by atoms with E-state index in [2.05, 4.69) is 5.10 Å². The molecule has 92 valence electrons. The quantitative estimate of drug-likeness (QED) is 0.899. The van der Waals surface area contributed by atoms with Crippen LogP contribution in [0.2, 0.25) is 5.02 Å². The third-order valence-corrected chi connectivity index (χ3v) is 2.90. The van der Waals surface area contributed by atoms with Crippen LogP contribution >= 0.6 is 11.6 Å². The first-order valence-corrected chi connectivity index (χ1v) is 5.47. The normalized spacial score (nSPS) is 10.3. The summed E-state index contributed by atoms with van der Waals surface area (Å²) in [6, 6.07) is 7.35. The molecule has 0 saturated heterocycles. The summed E-state index contributed by atoms with van der Waals surface area (Å²) in [5.41, 5.74) is 0.520. The molecule has 2 aromatic rings. The molecule has 0 fully saturated rings. The molecular weight excluding hydrogens is 256 g/mol. The predicted molar refractivity (Wildman–Crippen MR) is 66.5 cm³/mol. The number of benzene rings is 1. The van der Waals surface area contributed by atoms with E-state index in [1.807, 2.05) is 0 Å². The van der Waals surface area contributed by atoms with Crippen molar-refractivity contribution >= 4 is 17.6 Å². The molecule has 2 rings (SSSR count). The summed E-state index contributed by atoms with van der Waals surface area (Å²) >= 11 is 5.96. The standard InChI is InChI=1S/C12H9ClN2O3/c1-7-8(13)3-2-4-10(7)15-11(16)6-5-9(14-15)12(17)18/h2-6H,1H3,(H,17,18). The average molecular weight is 265 g/mol. The highest BCUT2D eigenvalue weighted by molar-refractivity contribution is 6.31. The Bertz CT molecular complexity index is 679. The van der Waals surface area contributed by atoms with Crippen molar-refractivity contribution < 1.29 is 9.90 Å². The van der Waals surface area contributed by atoms with Crippen molar-refractivity contribution in [3.05, 3.63) is 57.0 Å². The minimum Gasteiger partial charge on any atom is -0.476 e. The Kier molecular flexibility index (Phi) is 3.16. The number of carboxylic acid groups (broad SMARTS) is 1. The first kappa shape index (κ1) is 12.3. The summed E-state index contributed by atoms with van der Waals surface area (Å²) in [5, 5.41) is 13.1. The zero-order valence-corrected chi connectivity index (χ0v) is 10.2. The number of carbonyl (C=O) groups is 1. The lowest BCUT2D eigenvalue weighted by Crippen LogP contribution is -2.23. The molecule has 1 aromatic carbocycles. The number of rotatable bonds is 2. The van der Waals surface area contributed by atoms with Crippen LogP contribution in [0.4, 0.5) is 0 Å². The molecule has 1 aromatic heterocycles. The Balaban J connectivity index is 2.70. The maximum Gasteiger partial charge on any atom is 0.356 e. The van der Waals surface area contributed by atoms with Gasteiger partial charge in [-0.1, -0.05) is 17.7 Å². The van der Waals surface area contributed by atoms with Gasteiger partial charge in [-0.25, -0.2) is 4.79 Å². The minimum atomic E-state index is -1.19. The molecular formula is C12H9ClN2O3. The van der Waals surface area contributed by atoms with E-state index in [1.54, 1.807) is 25.1 Å². The monoisotopic (exact) mass is 264 g/mol. The van der Waals surface area contributed by atoms with Crippen molar-refractivity contribution in [2.45, 2.75) is 6.92 Å². The molecule has 0 atom stereocenters. The fraction of sp³-hybridized carbons (Fsp3) is 0.0833. The smallest absolute Gasteiger partial charge is 0.356 e. The lowest BCUT2D eigenvalue weighted by Gasteiger charge is -2.09. The van der Waals surface area contributed by atoms with Crippen molar-refractivity contribution in [1.29, 1.82) is 0 Å². The van der Waals surface area contributed by atoms with Gasteiger partial charge in [-0.3, -0.25) is 4.79 Å². The number of hydrogen-bond acceptors (Lipinski definition) is 3. The molecule has 6 heteroatoms. The summed E-state index contributed by atoms with van der Waals surface area (Å²) in [4.78, 5) is 22.6. The molecule has 0 aliphatic heterocycles. The van der Waals surface area contributed by atoms with Crippen LogP contribution in [0.1, 0.15) is 16.1 Å². The Morgan fingerprint density at radius 2 is 2.06 bits per heavy atom. The third-order valence-electron chi connectivity index (χ3n) is 2.49. The second-order valence-corrected chi connectivity index (χ2v) is 4.06. The number of nitrogens with zero attached hydrogens (tertiary/aromatic N) is 2. The number of halogens is 1. The van der Waals surface area contributed by atoms with E-state index in [-0.39, 0.29) is 5.69 Å². The van der Waals surface area contributed by atoms with E-state index in [1.165, 1.54) is 6.07 Å². The molecule has 0 aliphatic rings. The average Bonchev–Trinajstić information content (AvgIpc) is 2.33. The Hall–Kier alpha value is -2.14. The summed E-state index contributed by atoms with van der Waals surface area (Å²) in [6.07, 6.45) is 0. The highest BCUT2D eigenvalue weighted by Crippen LogP contribution is 2.20. The summed E-state index contributed by atoms with van der Waals surface area (Å²) in [7, 11) is 0. The topological polar surface area (TPSA) is 72.2 Å². The van der Waals surface area contributed by atoms with Gasteiger partial charge in [-0.15, -0.1) is 0 Å². The molecule has 0 spiro atoms. The van der Waals surface area contributed by atoms with E-state index < -0.39 is 11.5 Å². The number of aromatic nitrogens is 2. The molecule has 0 saturated carbocycles. The van der Waals surface area contributed by atoms with Gasteiger partial charge >= 0.3 is 5.97 Å². The van der Waals surface area contributed by atoms with Crippen LogP contribution in [0.5, 0.6) is 0 Å². The molecule has 0 unspecified atom stereocenters. The maximum absolute atomic E-state index is 11.7. The second-order valence-electron chi connectivity index (χ2n) is 3.66. The number of hydrogen-bond donors (Lipinski definition) is 1. The summed E-state index contributed by atoms with van der Waals surface area (Å²) in [6.45, 7) is 1.74. The zero-order chi connectivity index (χ0) is 13.3. The fourth-order valence-electron chi connectivity index (χ4n) is 1.52. The Morgan fingerprint density at radius 3 is 2.72 bits per heavy atom. The van der Waals surface area contributed by atoms with Crippen LogP contribution in [0.25, 0.3) is 5.69 Å². The fourth-order valence-corrected chi connectivity index (χ4v) is 1.69. The summed E-state index contributed by atoms with van der Waals surface area (Å²) < 4.78 is 1.03. The van der Waals surface area contributed by atoms with Gasteiger partial charge in [-0.2, -0.15) is 9.78 Å². The first-order chi connectivity index (χ1) is 8.50. The van der Waals surface area contributed by atoms with Crippen LogP contribution in [-0.2, 0) is 0 Å². The van der Waals surface area contributed by atoms with Crippen LogP contribution in [0.15, 0.2) is 35.1 Å². The predicted octanol–water partition coefficient (Wildman–Crippen LogP) is 1.89. The molecule has 0 bridgehead atoms. The first-order valence-electron chi connectivity index (χ1n) is 5.10. The van der Waals surface area contributed by atoms with Crippen molar-refractivity contribution in [3.63, 3.8) is 0 Å². The van der Waals surface area contributed by atoms with Crippen molar-refractivity contribution in [3.8, 4) is 5.69 Å². The van der Waals surface area contributed by atoms with Crippen molar-refractivity contribution in [2.24, 2.45) is 0 Å². The van der Waals surface area contributed by atoms with E-state index in [0.717, 1.165) is 10.7 Å². The Morgan fingerprint density at radius 1 is 1.33 bits per heavy atom. The van der Waals surface area contributed by atoms with E-state index >= 15 is 0 Å². The van der Waals surface area contributed by atoms with E-state index in [4.69, 9.17) is 16.7 Å². The largest absolute Gasteiger partial charge is 0.476 e.